The summed E-state index contributed by atoms with van der Waals surface area (Å²) in [4.78, 5) is 37.4. The van der Waals surface area contributed by atoms with E-state index in [1.54, 1.807) is 0 Å². The summed E-state index contributed by atoms with van der Waals surface area (Å²) in [5.41, 5.74) is -3.40. The third kappa shape index (κ3) is 7.25. The molecule has 1 saturated carbocycles. The standard InChI is InChI=1S/C31H25F7N6O3/c32-22-5-7-23(8-6-22)44(26(45)11-18-3-4-21(30(33,34)35)12-24(18)31(36,37)38)16-25-41-42-28(47-25)20-13-39-27(40-14-20)19-9-10-43(15-19)29(46)17-1-2-17/h3-8,12-14,17,19H,1-2,9-11,15-16H2. The van der Waals surface area contributed by atoms with Crippen molar-refractivity contribution >= 4 is 17.5 Å². The largest absolute Gasteiger partial charge is 0.419 e. The van der Waals surface area contributed by atoms with Crippen LogP contribution < -0.4 is 4.90 Å². The number of carbonyl (C=O) groups is 2. The Hall–Kier alpha value is -4.89. The van der Waals surface area contributed by atoms with E-state index in [1.807, 2.05) is 4.90 Å². The number of aromatic nitrogens is 4. The molecule has 0 radical (unpaired) electrons. The van der Waals surface area contributed by atoms with Crippen molar-refractivity contribution in [1.29, 1.82) is 0 Å². The summed E-state index contributed by atoms with van der Waals surface area (Å²) in [6.07, 6.45) is -5.64. The summed E-state index contributed by atoms with van der Waals surface area (Å²) < 4.78 is 100. The number of amides is 2. The van der Waals surface area contributed by atoms with E-state index in [2.05, 4.69) is 20.2 Å². The van der Waals surface area contributed by atoms with Gasteiger partial charge in [-0.15, -0.1) is 10.2 Å². The van der Waals surface area contributed by atoms with Crippen LogP contribution >= 0.6 is 0 Å². The van der Waals surface area contributed by atoms with Gasteiger partial charge in [-0.2, -0.15) is 26.3 Å². The summed E-state index contributed by atoms with van der Waals surface area (Å²) in [6.45, 7) is 0.715. The molecule has 1 aliphatic carbocycles. The Balaban J connectivity index is 1.20. The van der Waals surface area contributed by atoms with Crippen LogP contribution in [0.3, 0.4) is 0 Å². The average Bonchev–Trinajstić information content (AvgIpc) is 3.56. The van der Waals surface area contributed by atoms with Crippen LogP contribution in [0.5, 0.6) is 0 Å². The number of hydrogen-bond acceptors (Lipinski definition) is 7. The number of alkyl halides is 6. The van der Waals surface area contributed by atoms with Crippen molar-refractivity contribution in [3.05, 3.63) is 89.1 Å². The molecule has 2 aliphatic rings. The van der Waals surface area contributed by atoms with E-state index in [0.717, 1.165) is 36.3 Å². The number of rotatable bonds is 8. The fourth-order valence-corrected chi connectivity index (χ4v) is 5.36. The summed E-state index contributed by atoms with van der Waals surface area (Å²) in [5.74, 6) is -0.952. The lowest BCUT2D eigenvalue weighted by Gasteiger charge is -2.23. The molecule has 16 heteroatoms. The minimum atomic E-state index is -5.18. The predicted octanol–water partition coefficient (Wildman–Crippen LogP) is 6.21. The normalized spacial score (nSPS) is 16.8. The second-order valence-corrected chi connectivity index (χ2v) is 11.4. The molecule has 2 amide bonds. The maximum atomic E-state index is 13.7. The molecule has 6 rings (SSSR count). The molecule has 1 saturated heterocycles. The molecule has 0 spiro atoms. The molecule has 47 heavy (non-hydrogen) atoms. The Morgan fingerprint density at radius 2 is 1.62 bits per heavy atom. The molecule has 4 aromatic rings. The third-order valence-corrected chi connectivity index (χ3v) is 7.99. The van der Waals surface area contributed by atoms with E-state index in [9.17, 15) is 40.3 Å². The second-order valence-electron chi connectivity index (χ2n) is 11.4. The fraction of sp³-hybridized carbons (Fsp3) is 0.355. The molecule has 9 nitrogen and oxygen atoms in total. The highest BCUT2D eigenvalue weighted by Crippen LogP contribution is 2.38. The molecular weight excluding hydrogens is 637 g/mol. The topological polar surface area (TPSA) is 105 Å². The molecule has 0 N–H and O–H groups in total. The Bertz CT molecular complexity index is 1770. The fourth-order valence-electron chi connectivity index (χ4n) is 5.36. The minimum Gasteiger partial charge on any atom is -0.419 e. The van der Waals surface area contributed by atoms with Gasteiger partial charge in [0.15, 0.2) is 0 Å². The number of nitrogens with zero attached hydrogens (tertiary/aromatic N) is 6. The van der Waals surface area contributed by atoms with Crippen LogP contribution in [0.4, 0.5) is 36.4 Å². The zero-order chi connectivity index (χ0) is 33.5. The van der Waals surface area contributed by atoms with Crippen LogP contribution in [-0.2, 0) is 34.9 Å². The summed E-state index contributed by atoms with van der Waals surface area (Å²) in [5, 5.41) is 7.88. The number of benzene rings is 2. The molecule has 2 aromatic heterocycles. The molecule has 2 aromatic carbocycles. The van der Waals surface area contributed by atoms with Crippen LogP contribution in [0, 0.1) is 11.7 Å². The first-order chi connectivity index (χ1) is 22.3. The highest BCUT2D eigenvalue weighted by molar-refractivity contribution is 5.94. The summed E-state index contributed by atoms with van der Waals surface area (Å²) in [7, 11) is 0. The lowest BCUT2D eigenvalue weighted by molar-refractivity contribution is -0.143. The number of likely N-dealkylation sites (tertiary alicyclic amines) is 1. The lowest BCUT2D eigenvalue weighted by atomic mass is 10.00. The van der Waals surface area contributed by atoms with Gasteiger partial charge in [0.05, 0.1) is 23.1 Å². The van der Waals surface area contributed by atoms with Gasteiger partial charge in [0, 0.05) is 43.0 Å². The van der Waals surface area contributed by atoms with Gasteiger partial charge in [-0.25, -0.2) is 14.4 Å². The van der Waals surface area contributed by atoms with Crippen molar-refractivity contribution in [1.82, 2.24) is 25.1 Å². The van der Waals surface area contributed by atoms with E-state index in [1.165, 1.54) is 24.5 Å². The number of hydrogen-bond donors (Lipinski definition) is 0. The summed E-state index contributed by atoms with van der Waals surface area (Å²) in [6, 6.07) is 5.49. The molecule has 1 unspecified atom stereocenters. The highest BCUT2D eigenvalue weighted by atomic mass is 19.4. The van der Waals surface area contributed by atoms with Gasteiger partial charge in [-0.3, -0.25) is 9.59 Å². The zero-order valence-corrected chi connectivity index (χ0v) is 24.4. The van der Waals surface area contributed by atoms with E-state index >= 15 is 0 Å². The maximum Gasteiger partial charge on any atom is 0.416 e. The maximum absolute atomic E-state index is 13.7. The van der Waals surface area contributed by atoms with Crippen LogP contribution in [-0.4, -0.2) is 50.0 Å². The van der Waals surface area contributed by atoms with Crippen molar-refractivity contribution in [3.63, 3.8) is 0 Å². The van der Waals surface area contributed by atoms with Gasteiger partial charge >= 0.3 is 12.4 Å². The molecule has 0 bridgehead atoms. The quantitative estimate of drug-likeness (QED) is 0.207. The average molecular weight is 663 g/mol. The Kier molecular flexibility index (Phi) is 8.44. The van der Waals surface area contributed by atoms with Crippen molar-refractivity contribution in [2.45, 2.75) is 50.5 Å². The van der Waals surface area contributed by atoms with E-state index in [4.69, 9.17) is 4.42 Å². The SMILES string of the molecule is O=C(C1CC1)N1CCC(c2ncc(-c3nnc(CN(C(=O)Cc4ccc(C(F)(F)F)cc4C(F)(F)F)c4ccc(F)cc4)o3)cn2)C1. The minimum absolute atomic E-state index is 0.0166. The third-order valence-electron chi connectivity index (χ3n) is 7.99. The molecular formula is C31H25F7N6O3. The van der Waals surface area contributed by atoms with E-state index < -0.39 is 53.7 Å². The lowest BCUT2D eigenvalue weighted by Crippen LogP contribution is -2.32. The van der Waals surface area contributed by atoms with Gasteiger partial charge in [-0.1, -0.05) is 6.07 Å². The first kappa shape index (κ1) is 32.1. The van der Waals surface area contributed by atoms with Crippen LogP contribution in [0.15, 0.2) is 59.3 Å². The zero-order valence-electron chi connectivity index (χ0n) is 24.4. The van der Waals surface area contributed by atoms with Crippen molar-refractivity contribution in [2.24, 2.45) is 5.92 Å². The Morgan fingerprint density at radius 1 is 0.915 bits per heavy atom. The van der Waals surface area contributed by atoms with Crippen LogP contribution in [0.25, 0.3) is 11.5 Å². The highest BCUT2D eigenvalue weighted by Gasteiger charge is 2.39. The Labute approximate surface area is 262 Å². The monoisotopic (exact) mass is 662 g/mol. The summed E-state index contributed by atoms with van der Waals surface area (Å²) >= 11 is 0. The Morgan fingerprint density at radius 3 is 2.26 bits per heavy atom. The van der Waals surface area contributed by atoms with Crippen molar-refractivity contribution < 1.29 is 44.7 Å². The molecule has 246 valence electrons. The van der Waals surface area contributed by atoms with Gasteiger partial charge in [0.25, 0.3) is 5.89 Å². The van der Waals surface area contributed by atoms with E-state index in [-0.39, 0.29) is 41.3 Å². The number of anilines is 1. The molecule has 1 atom stereocenters. The smallest absolute Gasteiger partial charge is 0.416 e. The molecule has 2 fully saturated rings. The van der Waals surface area contributed by atoms with Gasteiger partial charge in [0.2, 0.25) is 17.7 Å². The van der Waals surface area contributed by atoms with Gasteiger partial charge in [-0.05, 0) is 61.2 Å². The molecule has 3 heterocycles. The molecule has 1 aliphatic heterocycles. The first-order valence-corrected chi connectivity index (χ1v) is 14.5. The predicted molar refractivity (Wildman–Crippen MR) is 150 cm³/mol. The van der Waals surface area contributed by atoms with Crippen molar-refractivity contribution in [2.75, 3.05) is 18.0 Å². The van der Waals surface area contributed by atoms with Crippen LogP contribution in [0.2, 0.25) is 0 Å². The second kappa shape index (κ2) is 12.4. The first-order valence-electron chi connectivity index (χ1n) is 14.5. The van der Waals surface area contributed by atoms with E-state index in [0.29, 0.717) is 36.6 Å². The number of halogens is 7. The van der Waals surface area contributed by atoms with Crippen LogP contribution in [0.1, 0.15) is 53.6 Å². The number of carbonyl (C=O) groups excluding carboxylic acids is 2. The van der Waals surface area contributed by atoms with Gasteiger partial charge < -0.3 is 14.2 Å². The van der Waals surface area contributed by atoms with Gasteiger partial charge in [0.1, 0.15) is 18.2 Å². The van der Waals surface area contributed by atoms with Crippen molar-refractivity contribution in [3.8, 4) is 11.5 Å².